The van der Waals surface area contributed by atoms with E-state index < -0.39 is 0 Å². The van der Waals surface area contributed by atoms with Crippen molar-refractivity contribution >= 4 is 28.8 Å². The van der Waals surface area contributed by atoms with E-state index in [2.05, 4.69) is 10.3 Å². The number of hydrogen-bond donors (Lipinski definition) is 2. The van der Waals surface area contributed by atoms with Crippen LogP contribution >= 0.6 is 0 Å². The van der Waals surface area contributed by atoms with Crippen molar-refractivity contribution < 1.29 is 14.7 Å². The average molecular weight is 342 g/mol. The van der Waals surface area contributed by atoms with Gasteiger partial charge in [-0.2, -0.15) is 0 Å². The molecule has 7 nitrogen and oxygen atoms in total. The van der Waals surface area contributed by atoms with Gasteiger partial charge in [0.15, 0.2) is 0 Å². The summed E-state index contributed by atoms with van der Waals surface area (Å²) in [6.07, 6.45) is 1.88. The Morgan fingerprint density at radius 2 is 2.16 bits per heavy atom. The third-order valence-electron chi connectivity index (χ3n) is 5.26. The Morgan fingerprint density at radius 1 is 1.32 bits per heavy atom. The second-order valence-corrected chi connectivity index (χ2v) is 6.93. The fraction of sp³-hybridized carbons (Fsp3) is 0.500. The number of aliphatic hydroxyl groups excluding tert-OH is 1. The first-order valence-electron chi connectivity index (χ1n) is 8.80. The average Bonchev–Trinajstić information content (AvgIpc) is 3.20. The van der Waals surface area contributed by atoms with E-state index in [4.69, 9.17) is 5.11 Å². The van der Waals surface area contributed by atoms with Crippen LogP contribution in [0.4, 0.5) is 5.95 Å². The maximum Gasteiger partial charge on any atom is 0.232 e. The lowest BCUT2D eigenvalue weighted by atomic mass is 10.0. The van der Waals surface area contributed by atoms with E-state index in [-0.39, 0.29) is 30.8 Å². The molecule has 4 rings (SSSR count). The molecule has 0 spiro atoms. The Labute approximate surface area is 145 Å². The van der Waals surface area contributed by atoms with Crippen molar-refractivity contribution in [3.63, 3.8) is 0 Å². The number of para-hydroxylation sites is 2. The fourth-order valence-electron chi connectivity index (χ4n) is 3.85. The van der Waals surface area contributed by atoms with E-state index in [1.807, 2.05) is 33.7 Å². The summed E-state index contributed by atoms with van der Waals surface area (Å²) in [5.74, 6) is 0.433. The predicted molar refractivity (Wildman–Crippen MR) is 92.9 cm³/mol. The largest absolute Gasteiger partial charge is 0.396 e. The molecule has 132 valence electrons. The molecule has 25 heavy (non-hydrogen) atoms. The van der Waals surface area contributed by atoms with Crippen LogP contribution in [0.1, 0.15) is 19.3 Å². The highest BCUT2D eigenvalue weighted by Crippen LogP contribution is 2.28. The zero-order valence-corrected chi connectivity index (χ0v) is 14.0. The Balaban J connectivity index is 1.47. The molecular weight excluding hydrogens is 320 g/mol. The number of fused-ring (bicyclic) bond motifs is 3. The minimum Gasteiger partial charge on any atom is -0.396 e. The number of benzene rings is 1. The summed E-state index contributed by atoms with van der Waals surface area (Å²) in [6, 6.07) is 7.75. The number of aromatic nitrogens is 2. The van der Waals surface area contributed by atoms with Gasteiger partial charge in [-0.05, 0) is 30.9 Å². The van der Waals surface area contributed by atoms with Gasteiger partial charge in [0.1, 0.15) is 0 Å². The maximum absolute atomic E-state index is 12.6. The van der Waals surface area contributed by atoms with Gasteiger partial charge < -0.3 is 14.6 Å². The number of amides is 2. The molecule has 7 heteroatoms. The first-order valence-corrected chi connectivity index (χ1v) is 8.80. The number of aliphatic hydroxyl groups is 1. The van der Waals surface area contributed by atoms with Gasteiger partial charge in [0, 0.05) is 32.7 Å². The van der Waals surface area contributed by atoms with Crippen LogP contribution in [0.15, 0.2) is 24.3 Å². The first-order chi connectivity index (χ1) is 12.2. The fourth-order valence-corrected chi connectivity index (χ4v) is 3.85. The standard InChI is InChI=1S/C18H22N4O3/c23-8-6-12-5-7-21(10-12)16(24)9-13-11-22-15-4-2-1-3-14(15)19-18(22)20-17(13)25/h1-4,12-13,23H,5-11H2,(H,19,20,25)/t12-,13?/m1/s1. The molecule has 0 bridgehead atoms. The van der Waals surface area contributed by atoms with E-state index in [0.717, 1.165) is 30.4 Å². The van der Waals surface area contributed by atoms with E-state index in [0.29, 0.717) is 25.0 Å². The molecule has 1 unspecified atom stereocenters. The van der Waals surface area contributed by atoms with Crippen molar-refractivity contribution in [2.45, 2.75) is 25.8 Å². The van der Waals surface area contributed by atoms with Crippen molar-refractivity contribution in [2.75, 3.05) is 25.0 Å². The van der Waals surface area contributed by atoms with Gasteiger partial charge in [0.2, 0.25) is 17.8 Å². The quantitative estimate of drug-likeness (QED) is 0.875. The van der Waals surface area contributed by atoms with Gasteiger partial charge in [0.05, 0.1) is 17.0 Å². The zero-order chi connectivity index (χ0) is 17.4. The van der Waals surface area contributed by atoms with Gasteiger partial charge in [0.25, 0.3) is 0 Å². The second-order valence-electron chi connectivity index (χ2n) is 6.93. The van der Waals surface area contributed by atoms with E-state index in [1.54, 1.807) is 0 Å². The van der Waals surface area contributed by atoms with Crippen molar-refractivity contribution in [2.24, 2.45) is 11.8 Å². The van der Waals surface area contributed by atoms with Crippen LogP contribution in [-0.4, -0.2) is 51.1 Å². The van der Waals surface area contributed by atoms with E-state index in [1.165, 1.54) is 0 Å². The summed E-state index contributed by atoms with van der Waals surface area (Å²) in [7, 11) is 0. The van der Waals surface area contributed by atoms with Crippen LogP contribution in [0.25, 0.3) is 11.0 Å². The molecule has 3 heterocycles. The van der Waals surface area contributed by atoms with Gasteiger partial charge in [-0.25, -0.2) is 4.98 Å². The Kier molecular flexibility index (Phi) is 4.17. The Bertz CT molecular complexity index is 816. The van der Waals surface area contributed by atoms with Crippen molar-refractivity contribution in [3.05, 3.63) is 24.3 Å². The van der Waals surface area contributed by atoms with Crippen LogP contribution < -0.4 is 5.32 Å². The smallest absolute Gasteiger partial charge is 0.232 e. The molecule has 0 aliphatic carbocycles. The van der Waals surface area contributed by atoms with E-state index >= 15 is 0 Å². The third kappa shape index (κ3) is 3.00. The summed E-state index contributed by atoms with van der Waals surface area (Å²) < 4.78 is 1.98. The maximum atomic E-state index is 12.6. The lowest BCUT2D eigenvalue weighted by Gasteiger charge is -2.25. The summed E-state index contributed by atoms with van der Waals surface area (Å²) >= 11 is 0. The van der Waals surface area contributed by atoms with Crippen LogP contribution in [0.2, 0.25) is 0 Å². The molecule has 2 amide bonds. The van der Waals surface area contributed by atoms with Gasteiger partial charge in [-0.15, -0.1) is 0 Å². The predicted octanol–water partition coefficient (Wildman–Crippen LogP) is 1.23. The van der Waals surface area contributed by atoms with Crippen LogP contribution in [0.5, 0.6) is 0 Å². The number of nitrogens with zero attached hydrogens (tertiary/aromatic N) is 3. The SMILES string of the molecule is O=C1Nc2nc3ccccc3n2CC1CC(=O)N1CC[C@H](CCO)C1. The Morgan fingerprint density at radius 3 is 3.00 bits per heavy atom. The molecule has 1 aromatic heterocycles. The zero-order valence-electron chi connectivity index (χ0n) is 14.0. The minimum atomic E-state index is -0.380. The van der Waals surface area contributed by atoms with Crippen molar-refractivity contribution in [1.82, 2.24) is 14.5 Å². The lowest BCUT2D eigenvalue weighted by Crippen LogP contribution is -2.38. The highest BCUT2D eigenvalue weighted by atomic mass is 16.3. The number of nitrogens with one attached hydrogen (secondary N) is 1. The topological polar surface area (TPSA) is 87.5 Å². The molecule has 2 N–H and O–H groups in total. The normalized spacial score (nSPS) is 22.9. The molecule has 1 aromatic carbocycles. The van der Waals surface area contributed by atoms with Crippen molar-refractivity contribution in [1.29, 1.82) is 0 Å². The monoisotopic (exact) mass is 342 g/mol. The molecule has 0 saturated carbocycles. The highest BCUT2D eigenvalue weighted by molar-refractivity contribution is 5.97. The van der Waals surface area contributed by atoms with Crippen molar-refractivity contribution in [3.8, 4) is 0 Å². The molecule has 0 radical (unpaired) electrons. The number of likely N-dealkylation sites (tertiary alicyclic amines) is 1. The van der Waals surface area contributed by atoms with Crippen LogP contribution in [0.3, 0.4) is 0 Å². The van der Waals surface area contributed by atoms with E-state index in [9.17, 15) is 9.59 Å². The molecule has 1 saturated heterocycles. The van der Waals surface area contributed by atoms with Crippen LogP contribution in [0, 0.1) is 11.8 Å². The van der Waals surface area contributed by atoms with Gasteiger partial charge in [-0.1, -0.05) is 12.1 Å². The summed E-state index contributed by atoms with van der Waals surface area (Å²) in [6.45, 7) is 2.04. The summed E-state index contributed by atoms with van der Waals surface area (Å²) in [5.41, 5.74) is 1.82. The Hall–Kier alpha value is -2.41. The number of carbonyl (C=O) groups is 2. The minimum absolute atomic E-state index is 0.0217. The van der Waals surface area contributed by atoms with Gasteiger partial charge in [-0.3, -0.25) is 14.9 Å². The molecule has 2 atom stereocenters. The summed E-state index contributed by atoms with van der Waals surface area (Å²) in [5, 5.41) is 11.9. The van der Waals surface area contributed by atoms with Crippen LogP contribution in [-0.2, 0) is 16.1 Å². The second kappa shape index (κ2) is 6.48. The molecular formula is C18H22N4O3. The highest BCUT2D eigenvalue weighted by Gasteiger charge is 2.33. The molecule has 2 aliphatic heterocycles. The number of anilines is 1. The first kappa shape index (κ1) is 16.1. The molecule has 1 fully saturated rings. The number of hydrogen-bond acceptors (Lipinski definition) is 4. The number of rotatable bonds is 4. The molecule has 2 aromatic rings. The third-order valence-corrected chi connectivity index (χ3v) is 5.26. The summed E-state index contributed by atoms with van der Waals surface area (Å²) in [4.78, 5) is 31.2. The lowest BCUT2D eigenvalue weighted by molar-refractivity contribution is -0.134. The number of imidazole rings is 1. The van der Waals surface area contributed by atoms with Gasteiger partial charge >= 0.3 is 0 Å². The molecule has 2 aliphatic rings. The number of carbonyl (C=O) groups excluding carboxylic acids is 2.